The zero-order valence-corrected chi connectivity index (χ0v) is 20.4. The number of ketones is 1. The second-order valence-electron chi connectivity index (χ2n) is 8.54. The zero-order valence-electron chi connectivity index (χ0n) is 18.7. The molecule has 0 radical (unpaired) electrons. The largest absolute Gasteiger partial charge is 0.480 e. The van der Waals surface area contributed by atoms with Gasteiger partial charge in [0.15, 0.2) is 10.9 Å². The number of likely N-dealkylation sites (tertiary alicyclic amines) is 1. The number of piperidine rings is 1. The molecule has 2 atom stereocenters. The van der Waals surface area contributed by atoms with Gasteiger partial charge in [-0.3, -0.25) is 24.0 Å². The number of carbonyl (C=O) groups is 3. The topological polar surface area (TPSA) is 92.5 Å². The molecular formula is C24H27ClFN3O4S. The molecule has 1 saturated heterocycles. The number of hydrogen-bond donors (Lipinski definition) is 1. The predicted molar refractivity (Wildman–Crippen MR) is 130 cm³/mol. The summed E-state index contributed by atoms with van der Waals surface area (Å²) < 4.78 is 16.1. The van der Waals surface area contributed by atoms with Crippen molar-refractivity contribution in [1.29, 1.82) is 0 Å². The van der Waals surface area contributed by atoms with Crippen molar-refractivity contribution < 1.29 is 23.9 Å². The quantitative estimate of drug-likeness (QED) is 0.577. The molecule has 7 nitrogen and oxygen atoms in total. The van der Waals surface area contributed by atoms with Gasteiger partial charge in [-0.2, -0.15) is 5.10 Å². The van der Waals surface area contributed by atoms with E-state index >= 15 is 0 Å². The Morgan fingerprint density at radius 3 is 2.65 bits per heavy atom. The first kappa shape index (κ1) is 26.1. The fourth-order valence-electron chi connectivity index (χ4n) is 4.29. The molecule has 1 aliphatic heterocycles. The van der Waals surface area contributed by atoms with Crippen molar-refractivity contribution >= 4 is 47.1 Å². The average Bonchev–Trinajstić information content (AvgIpc) is 3.52. The van der Waals surface area contributed by atoms with E-state index < -0.39 is 17.8 Å². The molecule has 1 saturated carbocycles. The van der Waals surface area contributed by atoms with Crippen LogP contribution in [-0.2, 0) is 20.9 Å². The Morgan fingerprint density at radius 1 is 1.26 bits per heavy atom. The normalized spacial score (nSPS) is 20.5. The highest BCUT2D eigenvalue weighted by atomic mass is 35.5. The first-order chi connectivity index (χ1) is 15.8. The van der Waals surface area contributed by atoms with Gasteiger partial charge in [-0.25, -0.2) is 4.39 Å². The monoisotopic (exact) mass is 507 g/mol. The maximum absolute atomic E-state index is 14.7. The van der Waals surface area contributed by atoms with E-state index in [1.165, 1.54) is 29.4 Å². The van der Waals surface area contributed by atoms with Gasteiger partial charge >= 0.3 is 5.97 Å². The van der Waals surface area contributed by atoms with Crippen molar-refractivity contribution in [2.75, 3.05) is 13.1 Å². The van der Waals surface area contributed by atoms with Crippen LogP contribution in [0, 0.1) is 11.7 Å². The predicted octanol–water partition coefficient (Wildman–Crippen LogP) is 3.99. The first-order valence-electron chi connectivity index (χ1n) is 11.0. The molecule has 0 amide bonds. The van der Waals surface area contributed by atoms with E-state index in [0.29, 0.717) is 25.1 Å². The van der Waals surface area contributed by atoms with Gasteiger partial charge in [0.1, 0.15) is 12.4 Å². The Balaban J connectivity index is 0.00000324. The van der Waals surface area contributed by atoms with Crippen LogP contribution in [0.15, 0.2) is 42.2 Å². The molecular weight excluding hydrogens is 481 g/mol. The number of hydrogen-bond acceptors (Lipinski definition) is 6. The number of halogens is 2. The van der Waals surface area contributed by atoms with Gasteiger partial charge in [-0.05, 0) is 30.9 Å². The van der Waals surface area contributed by atoms with Crippen molar-refractivity contribution in [1.82, 2.24) is 14.7 Å². The summed E-state index contributed by atoms with van der Waals surface area (Å²) in [4.78, 5) is 38.1. The summed E-state index contributed by atoms with van der Waals surface area (Å²) in [7, 11) is 0. The number of aromatic nitrogens is 2. The second-order valence-corrected chi connectivity index (χ2v) is 9.92. The Kier molecular flexibility index (Phi) is 8.67. The van der Waals surface area contributed by atoms with Crippen molar-refractivity contribution in [3.8, 4) is 0 Å². The number of carboxylic acids is 1. The van der Waals surface area contributed by atoms with Crippen LogP contribution in [0.5, 0.6) is 0 Å². The molecule has 4 rings (SSSR count). The lowest BCUT2D eigenvalue weighted by Gasteiger charge is -2.38. The summed E-state index contributed by atoms with van der Waals surface area (Å²) in [6, 6.07) is 5.76. The minimum Gasteiger partial charge on any atom is -0.480 e. The molecule has 1 N–H and O–H groups in total. The van der Waals surface area contributed by atoms with Crippen molar-refractivity contribution in [3.05, 3.63) is 59.2 Å². The average molecular weight is 508 g/mol. The van der Waals surface area contributed by atoms with E-state index in [1.54, 1.807) is 30.6 Å². The molecule has 2 fully saturated rings. The number of aliphatic carboxylic acids is 1. The Bertz CT molecular complexity index is 1100. The summed E-state index contributed by atoms with van der Waals surface area (Å²) in [5.41, 5.74) is 2.04. The molecule has 2 unspecified atom stereocenters. The molecule has 0 spiro atoms. The van der Waals surface area contributed by atoms with Crippen LogP contribution in [0.1, 0.15) is 43.4 Å². The zero-order chi connectivity index (χ0) is 23.5. The lowest BCUT2D eigenvalue weighted by molar-refractivity contribution is -0.138. The van der Waals surface area contributed by atoms with Gasteiger partial charge in [0.25, 0.3) is 0 Å². The van der Waals surface area contributed by atoms with Gasteiger partial charge in [-0.1, -0.05) is 36.0 Å². The third-order valence-corrected chi connectivity index (χ3v) is 7.06. The van der Waals surface area contributed by atoms with Crippen LogP contribution in [0.25, 0.3) is 6.08 Å². The minimum atomic E-state index is -0.988. The fraction of sp³-hybridized carbons (Fsp3) is 0.417. The molecule has 1 aliphatic carbocycles. The van der Waals surface area contributed by atoms with E-state index in [4.69, 9.17) is 5.11 Å². The Labute approximate surface area is 207 Å². The third-order valence-electron chi connectivity index (χ3n) is 5.90. The van der Waals surface area contributed by atoms with Gasteiger partial charge in [0.05, 0.1) is 12.2 Å². The number of Topliss-reactive ketones (excluding diaryl/α,β-unsaturated/α-hetero) is 1. The summed E-state index contributed by atoms with van der Waals surface area (Å²) in [5.74, 6) is -1.36. The van der Waals surface area contributed by atoms with Crippen LogP contribution < -0.4 is 0 Å². The van der Waals surface area contributed by atoms with E-state index in [-0.39, 0.29) is 41.0 Å². The first-order valence-corrected chi connectivity index (χ1v) is 11.8. The van der Waals surface area contributed by atoms with E-state index in [2.05, 4.69) is 5.10 Å². The standard InChI is InChI=1S/C24H26FN3O4S.ClH/c1-15(29)33-21-8-9-27(13-18(21)10-16-11-26-28(12-16)14-22(30)31)23(24(32)17-6-7-17)19-4-2-3-5-20(19)25;/h2-5,10-12,17,21,23H,6-9,13-14H2,1H3,(H,30,31);1H/b18-10+;. The van der Waals surface area contributed by atoms with Crippen molar-refractivity contribution in [2.45, 2.75) is 44.0 Å². The highest BCUT2D eigenvalue weighted by molar-refractivity contribution is 8.14. The lowest BCUT2D eigenvalue weighted by Crippen LogP contribution is -2.43. The lowest BCUT2D eigenvalue weighted by atomic mass is 9.93. The maximum atomic E-state index is 14.7. The van der Waals surface area contributed by atoms with Crippen molar-refractivity contribution in [2.24, 2.45) is 5.92 Å². The number of nitrogens with zero attached hydrogens (tertiary/aromatic N) is 3. The third kappa shape index (κ3) is 6.34. The molecule has 2 aromatic rings. The van der Waals surface area contributed by atoms with Gasteiger partial charge < -0.3 is 5.11 Å². The molecule has 10 heteroatoms. The van der Waals surface area contributed by atoms with Crippen LogP contribution in [0.4, 0.5) is 4.39 Å². The molecule has 2 heterocycles. The molecule has 0 bridgehead atoms. The number of carbonyl (C=O) groups excluding carboxylic acids is 2. The van der Waals surface area contributed by atoms with Crippen LogP contribution in [0.3, 0.4) is 0 Å². The molecule has 34 heavy (non-hydrogen) atoms. The summed E-state index contributed by atoms with van der Waals surface area (Å²) in [6.07, 6.45) is 7.44. The number of benzene rings is 1. The number of carboxylic acid groups (broad SMARTS) is 1. The summed E-state index contributed by atoms with van der Waals surface area (Å²) in [5, 5.41) is 13.0. The SMILES string of the molecule is CC(=O)SC1CCN(C(C(=O)C2CC2)c2ccccc2F)C/C1=C\c1cnn(CC(=O)O)c1.Cl. The van der Waals surface area contributed by atoms with Crippen molar-refractivity contribution in [3.63, 3.8) is 0 Å². The highest BCUT2D eigenvalue weighted by Gasteiger charge is 2.41. The van der Waals surface area contributed by atoms with Gasteiger partial charge in [-0.15, -0.1) is 12.4 Å². The molecule has 182 valence electrons. The van der Waals surface area contributed by atoms with E-state index in [0.717, 1.165) is 24.0 Å². The molecule has 1 aromatic carbocycles. The Morgan fingerprint density at radius 2 is 2.00 bits per heavy atom. The second kappa shape index (κ2) is 11.3. The number of thioether (sulfide) groups is 1. The van der Waals surface area contributed by atoms with E-state index in [1.807, 2.05) is 11.0 Å². The minimum absolute atomic E-state index is 0. The van der Waals surface area contributed by atoms with Gasteiger partial charge in [0, 0.05) is 48.5 Å². The van der Waals surface area contributed by atoms with Crippen LogP contribution in [-0.4, -0.2) is 55.0 Å². The maximum Gasteiger partial charge on any atom is 0.325 e. The Hall–Kier alpha value is -2.49. The smallest absolute Gasteiger partial charge is 0.325 e. The molecule has 2 aliphatic rings. The van der Waals surface area contributed by atoms with Crippen LogP contribution >= 0.6 is 24.2 Å². The summed E-state index contributed by atoms with van der Waals surface area (Å²) in [6.45, 7) is 2.26. The summed E-state index contributed by atoms with van der Waals surface area (Å²) >= 11 is 1.25. The molecule has 1 aromatic heterocycles. The highest BCUT2D eigenvalue weighted by Crippen LogP contribution is 2.40. The fourth-order valence-corrected chi connectivity index (χ4v) is 5.21. The van der Waals surface area contributed by atoms with Gasteiger partial charge in [0.2, 0.25) is 0 Å². The van der Waals surface area contributed by atoms with Crippen LogP contribution in [0.2, 0.25) is 0 Å². The number of rotatable bonds is 8. The van der Waals surface area contributed by atoms with E-state index in [9.17, 15) is 18.8 Å².